The normalized spacial score (nSPS) is 11.6. The molecule has 1 aromatic rings. The van der Waals surface area contributed by atoms with Gasteiger partial charge in [-0.2, -0.15) is 11.8 Å². The van der Waals surface area contributed by atoms with Crippen molar-refractivity contribution in [3.05, 3.63) is 11.9 Å². The Kier molecular flexibility index (Phi) is 7.13. The highest BCUT2D eigenvalue weighted by Crippen LogP contribution is 2.21. The molecular weight excluding hydrogens is 268 g/mol. The van der Waals surface area contributed by atoms with Crippen LogP contribution < -0.4 is 11.1 Å². The van der Waals surface area contributed by atoms with E-state index in [0.717, 1.165) is 18.2 Å². The number of hydrogen-bond acceptors (Lipinski definition) is 5. The van der Waals surface area contributed by atoms with Crippen LogP contribution >= 0.6 is 11.8 Å². The Morgan fingerprint density at radius 1 is 1.15 bits per heavy atom. The molecule has 0 spiro atoms. The van der Waals surface area contributed by atoms with Crippen molar-refractivity contribution >= 4 is 23.4 Å². The van der Waals surface area contributed by atoms with E-state index in [-0.39, 0.29) is 5.41 Å². The van der Waals surface area contributed by atoms with E-state index in [1.807, 2.05) is 17.8 Å². The lowest BCUT2D eigenvalue weighted by molar-refractivity contribution is 0.547. The van der Waals surface area contributed by atoms with Crippen molar-refractivity contribution in [2.75, 3.05) is 29.6 Å². The van der Waals surface area contributed by atoms with Crippen LogP contribution in [-0.2, 0) is 5.41 Å². The molecule has 20 heavy (non-hydrogen) atoms. The third-order valence-corrected chi connectivity index (χ3v) is 3.70. The van der Waals surface area contributed by atoms with Gasteiger partial charge in [-0.15, -0.1) is 0 Å². The minimum Gasteiger partial charge on any atom is -0.384 e. The van der Waals surface area contributed by atoms with Crippen LogP contribution in [0.4, 0.5) is 11.6 Å². The Bertz CT molecular complexity index is 401. The zero-order chi connectivity index (χ0) is 15.0. The first-order valence-electron chi connectivity index (χ1n) is 7.31. The van der Waals surface area contributed by atoms with Gasteiger partial charge in [0.25, 0.3) is 0 Å². The number of nitrogens with one attached hydrogen (secondary N) is 1. The zero-order valence-electron chi connectivity index (χ0n) is 13.2. The van der Waals surface area contributed by atoms with Crippen LogP contribution in [0.3, 0.4) is 0 Å². The molecule has 0 fully saturated rings. The van der Waals surface area contributed by atoms with Gasteiger partial charge < -0.3 is 11.1 Å². The summed E-state index contributed by atoms with van der Waals surface area (Å²) in [6.45, 7) is 7.23. The van der Waals surface area contributed by atoms with Gasteiger partial charge in [0.15, 0.2) is 0 Å². The maximum atomic E-state index is 5.85. The molecule has 1 aromatic heterocycles. The number of aromatic nitrogens is 2. The quantitative estimate of drug-likeness (QED) is 0.716. The molecule has 114 valence electrons. The Labute approximate surface area is 127 Å². The van der Waals surface area contributed by atoms with Gasteiger partial charge in [0.1, 0.15) is 17.5 Å². The minimum absolute atomic E-state index is 0.0797. The lowest BCUT2D eigenvalue weighted by atomic mass is 9.96. The molecule has 0 bridgehead atoms. The monoisotopic (exact) mass is 296 g/mol. The fourth-order valence-corrected chi connectivity index (χ4v) is 2.33. The van der Waals surface area contributed by atoms with Gasteiger partial charge in [-0.05, 0) is 24.9 Å². The number of nitrogens with zero attached hydrogens (tertiary/aromatic N) is 2. The van der Waals surface area contributed by atoms with Crippen molar-refractivity contribution in [3.63, 3.8) is 0 Å². The molecule has 0 radical (unpaired) electrons. The van der Waals surface area contributed by atoms with Crippen LogP contribution in [0.25, 0.3) is 0 Å². The molecule has 0 amide bonds. The number of nitrogen functional groups attached to an aromatic ring is 1. The average Bonchev–Trinajstić information content (AvgIpc) is 2.36. The van der Waals surface area contributed by atoms with E-state index >= 15 is 0 Å². The number of thioether (sulfide) groups is 1. The fourth-order valence-electron chi connectivity index (χ4n) is 1.83. The summed E-state index contributed by atoms with van der Waals surface area (Å²) < 4.78 is 0. The molecule has 0 aliphatic rings. The van der Waals surface area contributed by atoms with Crippen LogP contribution in [0.15, 0.2) is 6.07 Å². The van der Waals surface area contributed by atoms with E-state index in [0.29, 0.717) is 5.82 Å². The predicted molar refractivity (Wildman–Crippen MR) is 90.5 cm³/mol. The highest BCUT2D eigenvalue weighted by Gasteiger charge is 2.18. The van der Waals surface area contributed by atoms with Crippen LogP contribution in [0, 0.1) is 0 Å². The first-order chi connectivity index (χ1) is 9.43. The molecule has 0 saturated carbocycles. The Morgan fingerprint density at radius 3 is 2.50 bits per heavy atom. The van der Waals surface area contributed by atoms with E-state index in [1.165, 1.54) is 31.4 Å². The standard InChI is InChI=1S/C15H28N4S/c1-15(2,3)14-18-12(16)11-13(19-14)17-9-7-5-6-8-10-20-4/h11H,5-10H2,1-4H3,(H3,16,17,18,19). The number of hydrogen-bond donors (Lipinski definition) is 2. The summed E-state index contributed by atoms with van der Waals surface area (Å²) in [6, 6.07) is 1.81. The van der Waals surface area contributed by atoms with Gasteiger partial charge in [-0.3, -0.25) is 0 Å². The molecule has 0 aliphatic heterocycles. The lowest BCUT2D eigenvalue weighted by Gasteiger charge is -2.18. The summed E-state index contributed by atoms with van der Waals surface area (Å²) in [5.74, 6) is 3.43. The zero-order valence-corrected chi connectivity index (χ0v) is 14.0. The summed E-state index contributed by atoms with van der Waals surface area (Å²) in [7, 11) is 0. The van der Waals surface area contributed by atoms with Crippen LogP contribution in [0.5, 0.6) is 0 Å². The Hall–Kier alpha value is -0.970. The summed E-state index contributed by atoms with van der Waals surface area (Å²) in [5.41, 5.74) is 5.77. The number of nitrogens with two attached hydrogens (primary N) is 1. The van der Waals surface area contributed by atoms with E-state index < -0.39 is 0 Å². The van der Waals surface area contributed by atoms with Gasteiger partial charge in [-0.25, -0.2) is 9.97 Å². The van der Waals surface area contributed by atoms with Gasteiger partial charge in [0, 0.05) is 18.0 Å². The van der Waals surface area contributed by atoms with Gasteiger partial charge >= 0.3 is 0 Å². The van der Waals surface area contributed by atoms with Crippen LogP contribution in [0.1, 0.15) is 52.3 Å². The first-order valence-corrected chi connectivity index (χ1v) is 8.70. The molecule has 0 aromatic carbocycles. The highest BCUT2D eigenvalue weighted by molar-refractivity contribution is 7.98. The largest absolute Gasteiger partial charge is 0.384 e. The molecule has 4 nitrogen and oxygen atoms in total. The number of unbranched alkanes of at least 4 members (excludes halogenated alkanes) is 3. The van der Waals surface area contributed by atoms with E-state index in [2.05, 4.69) is 42.3 Å². The van der Waals surface area contributed by atoms with Gasteiger partial charge in [-0.1, -0.05) is 33.6 Å². The minimum atomic E-state index is -0.0797. The maximum Gasteiger partial charge on any atom is 0.138 e. The lowest BCUT2D eigenvalue weighted by Crippen LogP contribution is -2.18. The fraction of sp³-hybridized carbons (Fsp3) is 0.733. The molecule has 1 heterocycles. The molecular formula is C15H28N4S. The molecule has 5 heteroatoms. The van der Waals surface area contributed by atoms with Crippen LogP contribution in [-0.4, -0.2) is 28.5 Å². The summed E-state index contributed by atoms with van der Waals surface area (Å²) in [5, 5.41) is 3.35. The summed E-state index contributed by atoms with van der Waals surface area (Å²) in [6.07, 6.45) is 7.22. The third kappa shape index (κ3) is 6.46. The van der Waals surface area contributed by atoms with Crippen molar-refractivity contribution in [3.8, 4) is 0 Å². The number of rotatable bonds is 8. The van der Waals surface area contributed by atoms with Gasteiger partial charge in [0.05, 0.1) is 0 Å². The SMILES string of the molecule is CSCCCCCCNc1cc(N)nc(C(C)(C)C)n1. The molecule has 0 unspecified atom stereocenters. The Morgan fingerprint density at radius 2 is 1.85 bits per heavy atom. The van der Waals surface area contributed by atoms with Crippen molar-refractivity contribution in [2.24, 2.45) is 0 Å². The van der Waals surface area contributed by atoms with E-state index in [1.54, 1.807) is 0 Å². The molecule has 3 N–H and O–H groups in total. The first kappa shape index (κ1) is 17.1. The van der Waals surface area contributed by atoms with Crippen molar-refractivity contribution in [1.29, 1.82) is 0 Å². The second-order valence-electron chi connectivity index (χ2n) is 6.09. The van der Waals surface area contributed by atoms with Crippen molar-refractivity contribution in [1.82, 2.24) is 9.97 Å². The van der Waals surface area contributed by atoms with E-state index in [4.69, 9.17) is 5.73 Å². The molecule has 0 atom stereocenters. The van der Waals surface area contributed by atoms with Crippen molar-refractivity contribution < 1.29 is 0 Å². The van der Waals surface area contributed by atoms with Crippen LogP contribution in [0.2, 0.25) is 0 Å². The third-order valence-electron chi connectivity index (χ3n) is 3.00. The summed E-state index contributed by atoms with van der Waals surface area (Å²) in [4.78, 5) is 8.85. The topological polar surface area (TPSA) is 63.8 Å². The molecule has 0 saturated heterocycles. The Balaban J connectivity index is 2.39. The smallest absolute Gasteiger partial charge is 0.138 e. The van der Waals surface area contributed by atoms with E-state index in [9.17, 15) is 0 Å². The molecule has 1 rings (SSSR count). The number of anilines is 2. The highest BCUT2D eigenvalue weighted by atomic mass is 32.2. The van der Waals surface area contributed by atoms with Crippen molar-refractivity contribution in [2.45, 2.75) is 51.9 Å². The van der Waals surface area contributed by atoms with Gasteiger partial charge in [0.2, 0.25) is 0 Å². The predicted octanol–water partition coefficient (Wildman–Crippen LogP) is 3.69. The molecule has 0 aliphatic carbocycles. The second-order valence-corrected chi connectivity index (χ2v) is 7.07. The second kappa shape index (κ2) is 8.35. The average molecular weight is 296 g/mol. The summed E-state index contributed by atoms with van der Waals surface area (Å²) >= 11 is 1.92. The maximum absolute atomic E-state index is 5.85.